The number of hydrogen-bond donors (Lipinski definition) is 3. The fraction of sp³-hybridized carbons (Fsp3) is 0.750. The largest absolute Gasteiger partial charge is 0.386 e. The van der Waals surface area contributed by atoms with E-state index >= 15 is 0 Å². The Bertz CT molecular complexity index is 67.1. The second-order valence-electron chi connectivity index (χ2n) is 1.45. The summed E-state index contributed by atoms with van der Waals surface area (Å²) < 4.78 is 0. The summed E-state index contributed by atoms with van der Waals surface area (Å²) in [4.78, 5) is 9.69. The summed E-state index contributed by atoms with van der Waals surface area (Å²) in [6.07, 6.45) is -0.0109. The molecule has 0 aromatic heterocycles. The number of carbonyl (C=O) groups excluding carboxylic acids is 1. The lowest BCUT2D eigenvalue weighted by Gasteiger charge is -1.98. The van der Waals surface area contributed by atoms with E-state index < -0.39 is 6.10 Å². The highest BCUT2D eigenvalue weighted by atomic mass is 16.3. The van der Waals surface area contributed by atoms with Crippen LogP contribution in [0.25, 0.3) is 0 Å². The van der Waals surface area contributed by atoms with Crippen molar-refractivity contribution in [1.82, 2.24) is 5.43 Å². The number of nitrogens with two attached hydrogens (primary N) is 1. The molecule has 0 amide bonds. The van der Waals surface area contributed by atoms with Gasteiger partial charge in [0.25, 0.3) is 0 Å². The molecule has 0 rings (SSSR count). The average Bonchev–Trinajstić information content (AvgIpc) is 1.83. The zero-order valence-electron chi connectivity index (χ0n) is 4.50. The van der Waals surface area contributed by atoms with E-state index in [1.807, 2.05) is 0 Å². The van der Waals surface area contributed by atoms with Gasteiger partial charge in [-0.15, -0.1) is 0 Å². The first-order valence-corrected chi connectivity index (χ1v) is 2.38. The van der Waals surface area contributed by atoms with Crippen molar-refractivity contribution in [3.63, 3.8) is 0 Å². The van der Waals surface area contributed by atoms with Crippen molar-refractivity contribution in [3.05, 3.63) is 0 Å². The maximum Gasteiger partial charge on any atom is 0.148 e. The molecule has 0 radical (unpaired) electrons. The molecule has 4 N–H and O–H groups in total. The quantitative estimate of drug-likeness (QED) is 0.236. The molecule has 0 aromatic carbocycles. The van der Waals surface area contributed by atoms with E-state index in [0.717, 1.165) is 0 Å². The van der Waals surface area contributed by atoms with Gasteiger partial charge in [-0.2, -0.15) is 0 Å². The number of hydrazine groups is 1. The second-order valence-corrected chi connectivity index (χ2v) is 1.45. The molecule has 0 aliphatic heterocycles. The molecule has 0 bridgehead atoms. The molecule has 0 heterocycles. The summed E-state index contributed by atoms with van der Waals surface area (Å²) in [7, 11) is 0. The molecule has 0 aliphatic rings. The van der Waals surface area contributed by atoms with Crippen molar-refractivity contribution in [3.8, 4) is 0 Å². The number of aldehydes is 1. The maximum absolute atomic E-state index is 9.69. The molecule has 0 fully saturated rings. The van der Waals surface area contributed by atoms with E-state index in [-0.39, 0.29) is 0 Å². The van der Waals surface area contributed by atoms with Crippen LogP contribution in [0.4, 0.5) is 0 Å². The minimum absolute atomic E-state index is 0.375. The standard InChI is InChI=1S/C4H10N2O2/c5-6-2-1-4(8)3-7/h3-4,6,8H,1-2,5H2/t4-/m0/s1. The fourth-order valence-electron chi connectivity index (χ4n) is 0.299. The zero-order chi connectivity index (χ0) is 6.41. The third-order valence-electron chi connectivity index (χ3n) is 0.742. The number of aliphatic hydroxyl groups excluding tert-OH is 1. The van der Waals surface area contributed by atoms with Gasteiger partial charge in [-0.3, -0.25) is 11.3 Å². The van der Waals surface area contributed by atoms with Crippen LogP contribution >= 0.6 is 0 Å². The molecule has 0 aromatic rings. The summed E-state index contributed by atoms with van der Waals surface area (Å²) in [5.41, 5.74) is 2.31. The number of aliphatic hydroxyl groups is 1. The van der Waals surface area contributed by atoms with Crippen LogP contribution in [0.5, 0.6) is 0 Å². The van der Waals surface area contributed by atoms with Gasteiger partial charge < -0.3 is 9.90 Å². The Morgan fingerprint density at radius 2 is 2.50 bits per heavy atom. The van der Waals surface area contributed by atoms with Crippen LogP contribution in [0.1, 0.15) is 6.42 Å². The Hall–Kier alpha value is -0.450. The van der Waals surface area contributed by atoms with Crippen LogP contribution in [0.15, 0.2) is 0 Å². The molecule has 0 spiro atoms. The molecule has 0 unspecified atom stereocenters. The smallest absolute Gasteiger partial charge is 0.148 e. The Morgan fingerprint density at radius 3 is 2.88 bits per heavy atom. The first kappa shape index (κ1) is 7.55. The van der Waals surface area contributed by atoms with Crippen molar-refractivity contribution in [2.24, 2.45) is 5.84 Å². The van der Waals surface area contributed by atoms with Gasteiger partial charge in [0.05, 0.1) is 0 Å². The van der Waals surface area contributed by atoms with Gasteiger partial charge in [-0.25, -0.2) is 0 Å². The monoisotopic (exact) mass is 118 g/mol. The molecule has 4 heteroatoms. The van der Waals surface area contributed by atoms with Gasteiger partial charge in [-0.1, -0.05) is 0 Å². The van der Waals surface area contributed by atoms with Crippen LogP contribution in [0.3, 0.4) is 0 Å². The molecule has 0 aliphatic carbocycles. The molecule has 48 valence electrons. The Kier molecular flexibility index (Phi) is 4.44. The van der Waals surface area contributed by atoms with Crippen LogP contribution in [0.2, 0.25) is 0 Å². The molecule has 4 nitrogen and oxygen atoms in total. The summed E-state index contributed by atoms with van der Waals surface area (Å²) in [5.74, 6) is 4.85. The lowest BCUT2D eigenvalue weighted by molar-refractivity contribution is -0.115. The number of hydrogen-bond acceptors (Lipinski definition) is 4. The van der Waals surface area contributed by atoms with Gasteiger partial charge in [0.15, 0.2) is 0 Å². The van der Waals surface area contributed by atoms with Crippen molar-refractivity contribution in [1.29, 1.82) is 0 Å². The van der Waals surface area contributed by atoms with Crippen molar-refractivity contribution in [2.75, 3.05) is 6.54 Å². The van der Waals surface area contributed by atoms with E-state index in [1.165, 1.54) is 0 Å². The first-order chi connectivity index (χ1) is 3.81. The van der Waals surface area contributed by atoms with Crippen LogP contribution in [-0.2, 0) is 4.79 Å². The van der Waals surface area contributed by atoms with E-state index in [2.05, 4.69) is 5.43 Å². The Morgan fingerprint density at radius 1 is 1.88 bits per heavy atom. The molecular weight excluding hydrogens is 108 g/mol. The minimum atomic E-state index is -0.869. The summed E-state index contributed by atoms with van der Waals surface area (Å²) >= 11 is 0. The number of rotatable bonds is 4. The van der Waals surface area contributed by atoms with Gasteiger partial charge >= 0.3 is 0 Å². The first-order valence-electron chi connectivity index (χ1n) is 2.38. The highest BCUT2D eigenvalue weighted by molar-refractivity contribution is 5.55. The van der Waals surface area contributed by atoms with E-state index in [0.29, 0.717) is 19.3 Å². The van der Waals surface area contributed by atoms with Crippen LogP contribution in [0, 0.1) is 0 Å². The van der Waals surface area contributed by atoms with E-state index in [4.69, 9.17) is 10.9 Å². The van der Waals surface area contributed by atoms with E-state index in [9.17, 15) is 4.79 Å². The second kappa shape index (κ2) is 4.70. The van der Waals surface area contributed by atoms with Crippen molar-refractivity contribution < 1.29 is 9.90 Å². The number of nitrogens with one attached hydrogen (secondary N) is 1. The van der Waals surface area contributed by atoms with Gasteiger partial charge in [0.1, 0.15) is 12.4 Å². The van der Waals surface area contributed by atoms with Crippen LogP contribution < -0.4 is 11.3 Å². The highest BCUT2D eigenvalue weighted by Gasteiger charge is 1.97. The fourth-order valence-corrected chi connectivity index (χ4v) is 0.299. The minimum Gasteiger partial charge on any atom is -0.386 e. The molecule has 8 heavy (non-hydrogen) atoms. The van der Waals surface area contributed by atoms with E-state index in [1.54, 1.807) is 0 Å². The lowest BCUT2D eigenvalue weighted by Crippen LogP contribution is -2.26. The SMILES string of the molecule is NNCC[C@H](O)C=O. The Labute approximate surface area is 47.6 Å². The van der Waals surface area contributed by atoms with Gasteiger partial charge in [0, 0.05) is 6.54 Å². The van der Waals surface area contributed by atoms with Crippen LogP contribution in [-0.4, -0.2) is 24.0 Å². The highest BCUT2D eigenvalue weighted by Crippen LogP contribution is 1.81. The average molecular weight is 118 g/mol. The summed E-state index contributed by atoms with van der Waals surface area (Å²) in [5, 5.41) is 8.53. The van der Waals surface area contributed by atoms with Gasteiger partial charge in [-0.05, 0) is 6.42 Å². The predicted octanol–water partition coefficient (Wildman–Crippen LogP) is -1.60. The molecular formula is C4H10N2O2. The third-order valence-corrected chi connectivity index (χ3v) is 0.742. The summed E-state index contributed by atoms with van der Waals surface area (Å²) in [6.45, 7) is 0.458. The maximum atomic E-state index is 9.69. The zero-order valence-corrected chi connectivity index (χ0v) is 4.50. The predicted molar refractivity (Wildman–Crippen MR) is 28.9 cm³/mol. The Balaban J connectivity index is 2.98. The molecule has 0 saturated heterocycles. The summed E-state index contributed by atoms with van der Waals surface area (Å²) in [6, 6.07) is 0. The third kappa shape index (κ3) is 3.73. The van der Waals surface area contributed by atoms with Gasteiger partial charge in [0.2, 0.25) is 0 Å². The molecule has 1 atom stereocenters. The topological polar surface area (TPSA) is 75.3 Å². The molecule has 0 saturated carbocycles. The lowest BCUT2D eigenvalue weighted by atomic mass is 10.3. The van der Waals surface area contributed by atoms with Crippen molar-refractivity contribution >= 4 is 6.29 Å². The van der Waals surface area contributed by atoms with Crippen molar-refractivity contribution in [2.45, 2.75) is 12.5 Å². The normalized spacial score (nSPS) is 13.2. The number of carbonyl (C=O) groups is 1.